The maximum atomic E-state index is 6.23. The summed E-state index contributed by atoms with van der Waals surface area (Å²) in [6.07, 6.45) is 0. The van der Waals surface area contributed by atoms with E-state index in [1.54, 1.807) is 7.11 Å². The predicted octanol–water partition coefficient (Wildman–Crippen LogP) is 4.50. The van der Waals surface area contributed by atoms with Crippen molar-refractivity contribution in [2.24, 2.45) is 0 Å². The highest BCUT2D eigenvalue weighted by Crippen LogP contribution is 2.36. The Morgan fingerprint density at radius 2 is 1.70 bits per heavy atom. The van der Waals surface area contributed by atoms with Crippen LogP contribution in [0.1, 0.15) is 5.56 Å². The van der Waals surface area contributed by atoms with Gasteiger partial charge in [-0.05, 0) is 31.3 Å². The van der Waals surface area contributed by atoms with E-state index in [-0.39, 0.29) is 12.4 Å². The van der Waals surface area contributed by atoms with Crippen molar-refractivity contribution in [1.29, 1.82) is 0 Å². The summed E-state index contributed by atoms with van der Waals surface area (Å²) in [6.45, 7) is 0.786. The molecule has 0 N–H and O–H groups in total. The molecular weight excluding hydrogens is 293 g/mol. The lowest BCUT2D eigenvalue weighted by Gasteiger charge is -2.18. The van der Waals surface area contributed by atoms with Gasteiger partial charge in [0.1, 0.15) is 5.75 Å². The summed E-state index contributed by atoms with van der Waals surface area (Å²) in [6, 6.07) is 14.2. The van der Waals surface area contributed by atoms with Crippen LogP contribution in [0.5, 0.6) is 5.75 Å². The van der Waals surface area contributed by atoms with E-state index in [0.717, 1.165) is 23.4 Å². The molecule has 0 aliphatic heterocycles. The van der Waals surface area contributed by atoms with E-state index in [9.17, 15) is 0 Å². The summed E-state index contributed by atoms with van der Waals surface area (Å²) >= 11 is 6.23. The van der Waals surface area contributed by atoms with Crippen molar-refractivity contribution in [3.05, 3.63) is 53.1 Å². The molecule has 0 spiro atoms. The molecule has 20 heavy (non-hydrogen) atoms. The number of rotatable bonds is 4. The highest BCUT2D eigenvalue weighted by atomic mass is 35.5. The van der Waals surface area contributed by atoms with Gasteiger partial charge in [0.05, 0.1) is 12.1 Å². The molecule has 0 atom stereocenters. The van der Waals surface area contributed by atoms with Gasteiger partial charge >= 0.3 is 0 Å². The molecule has 2 nitrogen and oxygen atoms in total. The van der Waals surface area contributed by atoms with Gasteiger partial charge in [-0.2, -0.15) is 0 Å². The number of ether oxygens (including phenoxy) is 1. The van der Waals surface area contributed by atoms with Crippen LogP contribution in [0, 0.1) is 0 Å². The Balaban J connectivity index is 0.00000200. The minimum absolute atomic E-state index is 0. The van der Waals surface area contributed by atoms with Gasteiger partial charge in [0.2, 0.25) is 0 Å². The molecule has 4 heteroatoms. The SMILES string of the molecule is COc1c(Cl)ccc(-c2ccccc2)c1CN(C)C.Cl. The number of hydrogen-bond acceptors (Lipinski definition) is 2. The van der Waals surface area contributed by atoms with Crippen LogP contribution >= 0.6 is 24.0 Å². The van der Waals surface area contributed by atoms with Crippen molar-refractivity contribution >= 4 is 24.0 Å². The Hall–Kier alpha value is -1.22. The largest absolute Gasteiger partial charge is 0.495 e. The van der Waals surface area contributed by atoms with Crippen LogP contribution < -0.4 is 4.74 Å². The summed E-state index contributed by atoms with van der Waals surface area (Å²) in [5.74, 6) is 0.761. The van der Waals surface area contributed by atoms with Gasteiger partial charge < -0.3 is 9.64 Å². The Bertz CT molecular complexity index is 556. The van der Waals surface area contributed by atoms with Crippen LogP contribution in [-0.4, -0.2) is 26.1 Å². The van der Waals surface area contributed by atoms with Gasteiger partial charge in [0.25, 0.3) is 0 Å². The molecule has 108 valence electrons. The first-order valence-electron chi connectivity index (χ1n) is 6.19. The third kappa shape index (κ3) is 3.66. The van der Waals surface area contributed by atoms with Crippen LogP contribution in [0.3, 0.4) is 0 Å². The smallest absolute Gasteiger partial charge is 0.142 e. The van der Waals surface area contributed by atoms with E-state index >= 15 is 0 Å². The van der Waals surface area contributed by atoms with E-state index in [4.69, 9.17) is 16.3 Å². The summed E-state index contributed by atoms with van der Waals surface area (Å²) in [4.78, 5) is 2.11. The highest BCUT2D eigenvalue weighted by Gasteiger charge is 2.14. The second-order valence-electron chi connectivity index (χ2n) is 4.71. The van der Waals surface area contributed by atoms with E-state index in [0.29, 0.717) is 5.02 Å². The number of halogens is 2. The first-order valence-corrected chi connectivity index (χ1v) is 6.56. The molecule has 0 fully saturated rings. The number of hydrogen-bond donors (Lipinski definition) is 0. The molecule has 0 aliphatic rings. The average molecular weight is 312 g/mol. The fourth-order valence-corrected chi connectivity index (χ4v) is 2.44. The normalized spacial score (nSPS) is 10.2. The molecule has 0 heterocycles. The molecule has 0 saturated carbocycles. The fourth-order valence-electron chi connectivity index (χ4n) is 2.18. The first-order chi connectivity index (χ1) is 9.13. The molecule has 0 aromatic heterocycles. The standard InChI is InChI=1S/C16H18ClNO.ClH/c1-18(2)11-14-13(12-7-5-4-6-8-12)9-10-15(17)16(14)19-3;/h4-10H,11H2,1-3H3;1H. The van der Waals surface area contributed by atoms with E-state index < -0.39 is 0 Å². The monoisotopic (exact) mass is 311 g/mol. The quantitative estimate of drug-likeness (QED) is 0.824. The van der Waals surface area contributed by atoms with Gasteiger partial charge in [-0.3, -0.25) is 0 Å². The van der Waals surface area contributed by atoms with Crippen LogP contribution in [0.2, 0.25) is 5.02 Å². The Labute approximate surface area is 131 Å². The van der Waals surface area contributed by atoms with Crippen LogP contribution in [0.25, 0.3) is 11.1 Å². The molecule has 0 radical (unpaired) electrons. The third-order valence-electron chi connectivity index (χ3n) is 2.98. The molecule has 0 aliphatic carbocycles. The summed E-state index contributed by atoms with van der Waals surface area (Å²) < 4.78 is 5.48. The highest BCUT2D eigenvalue weighted by molar-refractivity contribution is 6.32. The van der Waals surface area contributed by atoms with Crippen molar-refractivity contribution in [2.45, 2.75) is 6.54 Å². The Kier molecular flexibility index (Phi) is 6.34. The maximum Gasteiger partial charge on any atom is 0.142 e. The molecule has 0 unspecified atom stereocenters. The molecule has 0 saturated heterocycles. The molecule has 2 aromatic carbocycles. The maximum absolute atomic E-state index is 6.23. The van der Waals surface area contributed by atoms with Gasteiger partial charge in [0, 0.05) is 12.1 Å². The number of methoxy groups -OCH3 is 1. The fraction of sp³-hybridized carbons (Fsp3) is 0.250. The van der Waals surface area contributed by atoms with Gasteiger partial charge in [-0.25, -0.2) is 0 Å². The summed E-state index contributed by atoms with van der Waals surface area (Å²) in [5.41, 5.74) is 3.45. The predicted molar refractivity (Wildman–Crippen MR) is 88.1 cm³/mol. The van der Waals surface area contributed by atoms with E-state index in [2.05, 4.69) is 23.1 Å². The van der Waals surface area contributed by atoms with Crippen molar-refractivity contribution in [2.75, 3.05) is 21.2 Å². The zero-order valence-electron chi connectivity index (χ0n) is 11.9. The zero-order valence-corrected chi connectivity index (χ0v) is 13.5. The van der Waals surface area contributed by atoms with Crippen molar-refractivity contribution < 1.29 is 4.74 Å². The van der Waals surface area contributed by atoms with Gasteiger partial charge in [0.15, 0.2) is 0 Å². The number of nitrogens with zero attached hydrogens (tertiary/aromatic N) is 1. The van der Waals surface area contributed by atoms with Gasteiger partial charge in [-0.1, -0.05) is 48.0 Å². The minimum Gasteiger partial charge on any atom is -0.495 e. The number of benzene rings is 2. The molecule has 0 amide bonds. The van der Waals surface area contributed by atoms with Crippen LogP contribution in [-0.2, 0) is 6.54 Å². The zero-order chi connectivity index (χ0) is 13.8. The lowest BCUT2D eigenvalue weighted by molar-refractivity contribution is 0.372. The van der Waals surface area contributed by atoms with E-state index in [1.807, 2.05) is 38.4 Å². The average Bonchev–Trinajstić information content (AvgIpc) is 2.39. The molecular formula is C16H19Cl2NO. The van der Waals surface area contributed by atoms with Crippen molar-refractivity contribution in [1.82, 2.24) is 4.90 Å². The van der Waals surface area contributed by atoms with Crippen LogP contribution in [0.4, 0.5) is 0 Å². The Morgan fingerprint density at radius 3 is 2.25 bits per heavy atom. The summed E-state index contributed by atoms with van der Waals surface area (Å²) in [5, 5.41) is 0.652. The molecule has 0 bridgehead atoms. The molecule has 2 rings (SSSR count). The van der Waals surface area contributed by atoms with Gasteiger partial charge in [-0.15, -0.1) is 12.4 Å². The third-order valence-corrected chi connectivity index (χ3v) is 3.27. The topological polar surface area (TPSA) is 12.5 Å². The van der Waals surface area contributed by atoms with Crippen molar-refractivity contribution in [3.63, 3.8) is 0 Å². The lowest BCUT2D eigenvalue weighted by Crippen LogP contribution is -2.12. The second-order valence-corrected chi connectivity index (χ2v) is 5.12. The summed E-state index contributed by atoms with van der Waals surface area (Å²) in [7, 11) is 5.74. The minimum atomic E-state index is 0. The lowest BCUT2D eigenvalue weighted by atomic mass is 9.98. The second kappa shape index (κ2) is 7.53. The Morgan fingerprint density at radius 1 is 1.05 bits per heavy atom. The van der Waals surface area contributed by atoms with Crippen LogP contribution in [0.15, 0.2) is 42.5 Å². The first kappa shape index (κ1) is 16.8. The molecule has 2 aromatic rings. The van der Waals surface area contributed by atoms with E-state index in [1.165, 1.54) is 5.56 Å². The van der Waals surface area contributed by atoms with Crippen molar-refractivity contribution in [3.8, 4) is 16.9 Å².